The van der Waals surface area contributed by atoms with E-state index in [1.807, 2.05) is 0 Å². The third-order valence-corrected chi connectivity index (χ3v) is 4.11. The van der Waals surface area contributed by atoms with E-state index in [0.717, 1.165) is 31.1 Å². The van der Waals surface area contributed by atoms with Crippen molar-refractivity contribution in [3.63, 3.8) is 0 Å². The van der Waals surface area contributed by atoms with Gasteiger partial charge in [0, 0.05) is 0 Å². The highest BCUT2D eigenvalue weighted by atomic mass is 14.3. The van der Waals surface area contributed by atoms with Crippen molar-refractivity contribution in [3.8, 4) is 0 Å². The lowest BCUT2D eigenvalue weighted by Gasteiger charge is -2.31. The van der Waals surface area contributed by atoms with Crippen molar-refractivity contribution in [3.05, 3.63) is 48.6 Å². The monoisotopic (exact) mass is 272 g/mol. The van der Waals surface area contributed by atoms with Crippen LogP contribution < -0.4 is 0 Å². The zero-order valence-electron chi connectivity index (χ0n) is 13.4. The first-order valence-electron chi connectivity index (χ1n) is 8.53. The standard InChI is InChI=1S/C20H32/c1-3-5-6-7-8-9-10-11-12-13-16-19(15-4-2)20-17-14-18-20/h5-6,9-13,16,19-20H,3-4,7-8,14-15,17-18H2,1-2H3/b6-5-,10-9+,12-11-,16-13+. The summed E-state index contributed by atoms with van der Waals surface area (Å²) < 4.78 is 0. The second kappa shape index (κ2) is 11.8. The maximum absolute atomic E-state index is 2.43. The van der Waals surface area contributed by atoms with Gasteiger partial charge in [-0.05, 0) is 50.4 Å². The molecule has 0 radical (unpaired) electrons. The van der Waals surface area contributed by atoms with Gasteiger partial charge in [-0.3, -0.25) is 0 Å². The number of unbranched alkanes of at least 4 members (excludes halogenated alkanes) is 1. The average molecular weight is 272 g/mol. The van der Waals surface area contributed by atoms with Crippen molar-refractivity contribution < 1.29 is 0 Å². The fraction of sp³-hybridized carbons (Fsp3) is 0.600. The van der Waals surface area contributed by atoms with E-state index in [0.29, 0.717) is 0 Å². The molecule has 0 aliphatic heterocycles. The van der Waals surface area contributed by atoms with E-state index in [-0.39, 0.29) is 0 Å². The third kappa shape index (κ3) is 7.53. The fourth-order valence-electron chi connectivity index (χ4n) is 2.68. The Morgan fingerprint density at radius 3 is 2.30 bits per heavy atom. The van der Waals surface area contributed by atoms with Gasteiger partial charge in [-0.2, -0.15) is 0 Å². The highest BCUT2D eigenvalue weighted by Gasteiger charge is 2.24. The predicted octanol–water partition coefficient (Wildman–Crippen LogP) is 6.62. The summed E-state index contributed by atoms with van der Waals surface area (Å²) in [6.45, 7) is 4.47. The summed E-state index contributed by atoms with van der Waals surface area (Å²) in [5, 5.41) is 0. The van der Waals surface area contributed by atoms with Crippen LogP contribution in [0.25, 0.3) is 0 Å². The van der Waals surface area contributed by atoms with E-state index in [9.17, 15) is 0 Å². The first-order valence-corrected chi connectivity index (χ1v) is 8.53. The van der Waals surface area contributed by atoms with Gasteiger partial charge in [-0.15, -0.1) is 0 Å². The number of rotatable bonds is 10. The van der Waals surface area contributed by atoms with Crippen molar-refractivity contribution in [1.82, 2.24) is 0 Å². The summed E-state index contributed by atoms with van der Waals surface area (Å²) in [6.07, 6.45) is 28.4. The third-order valence-electron chi connectivity index (χ3n) is 4.11. The molecule has 1 unspecified atom stereocenters. The average Bonchev–Trinajstić information content (AvgIpc) is 2.39. The summed E-state index contributed by atoms with van der Waals surface area (Å²) >= 11 is 0. The van der Waals surface area contributed by atoms with Crippen LogP contribution in [0.1, 0.15) is 65.2 Å². The highest BCUT2D eigenvalue weighted by molar-refractivity contribution is 5.12. The lowest BCUT2D eigenvalue weighted by molar-refractivity contribution is 0.231. The number of allylic oxidation sites excluding steroid dienone is 8. The fourth-order valence-corrected chi connectivity index (χ4v) is 2.68. The summed E-state index contributed by atoms with van der Waals surface area (Å²) in [5.74, 6) is 1.79. The molecule has 0 aromatic heterocycles. The van der Waals surface area contributed by atoms with Gasteiger partial charge >= 0.3 is 0 Å². The van der Waals surface area contributed by atoms with Gasteiger partial charge < -0.3 is 0 Å². The first-order chi connectivity index (χ1) is 9.88. The van der Waals surface area contributed by atoms with E-state index in [1.165, 1.54) is 32.1 Å². The first kappa shape index (κ1) is 17.0. The Bertz CT molecular complexity index is 326. The zero-order valence-corrected chi connectivity index (χ0v) is 13.4. The van der Waals surface area contributed by atoms with Gasteiger partial charge in [-0.25, -0.2) is 0 Å². The molecule has 0 aromatic carbocycles. The number of hydrogen-bond acceptors (Lipinski definition) is 0. The van der Waals surface area contributed by atoms with E-state index < -0.39 is 0 Å². The molecule has 1 aliphatic carbocycles. The molecule has 0 heterocycles. The molecule has 0 spiro atoms. The van der Waals surface area contributed by atoms with Gasteiger partial charge in [0.2, 0.25) is 0 Å². The van der Waals surface area contributed by atoms with Crippen LogP contribution in [0, 0.1) is 11.8 Å². The van der Waals surface area contributed by atoms with Crippen LogP contribution in [-0.2, 0) is 0 Å². The van der Waals surface area contributed by atoms with Crippen molar-refractivity contribution in [2.24, 2.45) is 11.8 Å². The second-order valence-electron chi connectivity index (χ2n) is 5.80. The minimum Gasteiger partial charge on any atom is -0.0888 e. The lowest BCUT2D eigenvalue weighted by atomic mass is 9.74. The normalized spacial score (nSPS) is 18.7. The Hall–Kier alpha value is -1.04. The molecule has 1 saturated carbocycles. The van der Waals surface area contributed by atoms with Crippen LogP contribution >= 0.6 is 0 Å². The molecule has 0 nitrogen and oxygen atoms in total. The minimum atomic E-state index is 0.821. The van der Waals surface area contributed by atoms with Gasteiger partial charge in [0.15, 0.2) is 0 Å². The molecule has 1 aliphatic rings. The molecule has 0 bridgehead atoms. The quantitative estimate of drug-likeness (QED) is 0.238. The van der Waals surface area contributed by atoms with Crippen molar-refractivity contribution in [2.45, 2.75) is 65.2 Å². The molecule has 1 atom stereocenters. The molecular formula is C20H32. The summed E-state index contributed by atoms with van der Waals surface area (Å²) in [6, 6.07) is 0. The van der Waals surface area contributed by atoms with Crippen LogP contribution in [0.3, 0.4) is 0 Å². The summed E-state index contributed by atoms with van der Waals surface area (Å²) in [7, 11) is 0. The van der Waals surface area contributed by atoms with Crippen LogP contribution in [0.5, 0.6) is 0 Å². The lowest BCUT2D eigenvalue weighted by Crippen LogP contribution is -2.20. The van der Waals surface area contributed by atoms with Gasteiger partial charge in [0.25, 0.3) is 0 Å². The van der Waals surface area contributed by atoms with E-state index >= 15 is 0 Å². The molecule has 1 rings (SSSR count). The predicted molar refractivity (Wildman–Crippen MR) is 91.8 cm³/mol. The Morgan fingerprint density at radius 2 is 1.65 bits per heavy atom. The highest BCUT2D eigenvalue weighted by Crippen LogP contribution is 2.36. The molecule has 1 fully saturated rings. The van der Waals surface area contributed by atoms with Crippen LogP contribution in [0.2, 0.25) is 0 Å². The molecular weight excluding hydrogens is 240 g/mol. The topological polar surface area (TPSA) is 0 Å². The van der Waals surface area contributed by atoms with Crippen LogP contribution in [-0.4, -0.2) is 0 Å². The molecule has 0 N–H and O–H groups in total. The van der Waals surface area contributed by atoms with Crippen molar-refractivity contribution in [2.75, 3.05) is 0 Å². The molecule has 20 heavy (non-hydrogen) atoms. The Balaban J connectivity index is 2.18. The van der Waals surface area contributed by atoms with E-state index in [4.69, 9.17) is 0 Å². The molecule has 0 amide bonds. The Kier molecular flexibility index (Phi) is 10.0. The second-order valence-corrected chi connectivity index (χ2v) is 5.80. The smallest absolute Gasteiger partial charge is 0.0202 e. The Morgan fingerprint density at radius 1 is 0.900 bits per heavy atom. The van der Waals surface area contributed by atoms with Crippen LogP contribution in [0.4, 0.5) is 0 Å². The largest absolute Gasteiger partial charge is 0.0888 e. The van der Waals surface area contributed by atoms with Gasteiger partial charge in [-0.1, -0.05) is 75.3 Å². The molecule has 0 aromatic rings. The summed E-state index contributed by atoms with van der Waals surface area (Å²) in [4.78, 5) is 0. The summed E-state index contributed by atoms with van der Waals surface area (Å²) in [5.41, 5.74) is 0. The van der Waals surface area contributed by atoms with Crippen molar-refractivity contribution >= 4 is 0 Å². The number of hydrogen-bond donors (Lipinski definition) is 0. The van der Waals surface area contributed by atoms with Gasteiger partial charge in [0.1, 0.15) is 0 Å². The molecule has 0 heteroatoms. The van der Waals surface area contributed by atoms with E-state index in [2.05, 4.69) is 62.5 Å². The SMILES string of the molecule is CC/C=C\CC/C=C/C=C\C=C\C(CCC)C1CCC1. The maximum atomic E-state index is 2.43. The van der Waals surface area contributed by atoms with Crippen LogP contribution in [0.15, 0.2) is 48.6 Å². The van der Waals surface area contributed by atoms with Crippen molar-refractivity contribution in [1.29, 1.82) is 0 Å². The maximum Gasteiger partial charge on any atom is -0.0202 e. The van der Waals surface area contributed by atoms with Gasteiger partial charge in [0.05, 0.1) is 0 Å². The van der Waals surface area contributed by atoms with E-state index in [1.54, 1.807) is 0 Å². The zero-order chi connectivity index (χ0) is 14.5. The Labute approximate surface area is 126 Å². The molecule has 112 valence electrons. The minimum absolute atomic E-state index is 0.821. The molecule has 0 saturated heterocycles.